The summed E-state index contributed by atoms with van der Waals surface area (Å²) in [6.07, 6.45) is 0. The third-order valence-electron chi connectivity index (χ3n) is 10.9. The summed E-state index contributed by atoms with van der Waals surface area (Å²) in [6.45, 7) is 4.74. The molecule has 0 unspecified atom stereocenters. The van der Waals surface area contributed by atoms with Crippen LogP contribution in [-0.2, 0) is 5.41 Å². The molecule has 0 bridgehead atoms. The highest BCUT2D eigenvalue weighted by molar-refractivity contribution is 6.14. The highest BCUT2D eigenvalue weighted by atomic mass is 16.3. The fourth-order valence-corrected chi connectivity index (χ4v) is 8.31. The quantitative estimate of drug-likeness (QED) is 0.184. The van der Waals surface area contributed by atoms with Crippen LogP contribution in [0, 0.1) is 0 Å². The van der Waals surface area contributed by atoms with E-state index in [1.165, 1.54) is 44.2 Å². The molecule has 242 valence electrons. The Labute approximate surface area is 297 Å². The summed E-state index contributed by atoms with van der Waals surface area (Å²) in [6, 6.07) is 63.7. The zero-order valence-corrected chi connectivity index (χ0v) is 28.6. The monoisotopic (exact) mass is 653 g/mol. The van der Waals surface area contributed by atoms with E-state index in [9.17, 15) is 0 Å². The van der Waals surface area contributed by atoms with Crippen LogP contribution in [0.15, 0.2) is 180 Å². The van der Waals surface area contributed by atoms with E-state index in [1.54, 1.807) is 0 Å². The Morgan fingerprint density at radius 3 is 1.96 bits per heavy atom. The lowest BCUT2D eigenvalue weighted by molar-refractivity contribution is 0.660. The molecule has 0 radical (unpaired) electrons. The lowest BCUT2D eigenvalue weighted by Gasteiger charge is -2.30. The van der Waals surface area contributed by atoms with Gasteiger partial charge in [0.25, 0.3) is 0 Å². The van der Waals surface area contributed by atoms with Crippen LogP contribution in [0.4, 0.5) is 17.1 Å². The average Bonchev–Trinajstić information content (AvgIpc) is 3.67. The molecule has 0 atom stereocenters. The van der Waals surface area contributed by atoms with Crippen LogP contribution < -0.4 is 4.90 Å². The Bertz CT molecular complexity index is 2790. The van der Waals surface area contributed by atoms with Gasteiger partial charge >= 0.3 is 0 Å². The largest absolute Gasteiger partial charge is 0.456 e. The Balaban J connectivity index is 1.12. The molecule has 0 spiro atoms. The lowest BCUT2D eigenvalue weighted by atomic mass is 9.81. The molecule has 0 amide bonds. The summed E-state index contributed by atoms with van der Waals surface area (Å²) in [4.78, 5) is 2.41. The standard InChI is InChI=1S/C49H35NO/c1-49(2)43-30-35(34-24-23-32-13-6-7-14-33(32)29-34)25-27-38(43)39-28-26-37(31-44(39)49)50(36-15-4-3-5-16-36)45-20-10-8-17-40(45)41-19-12-22-47-48(41)42-18-9-11-21-46(42)51-47/h3-31H,1-2H3. The topological polar surface area (TPSA) is 16.4 Å². The summed E-state index contributed by atoms with van der Waals surface area (Å²) in [5, 5.41) is 4.80. The minimum absolute atomic E-state index is 0.184. The number of fused-ring (bicyclic) bond motifs is 7. The number of para-hydroxylation sites is 3. The van der Waals surface area contributed by atoms with Crippen LogP contribution in [0.25, 0.3) is 66.1 Å². The van der Waals surface area contributed by atoms with Gasteiger partial charge in [0.1, 0.15) is 11.2 Å². The van der Waals surface area contributed by atoms with Gasteiger partial charge in [0.2, 0.25) is 0 Å². The van der Waals surface area contributed by atoms with Gasteiger partial charge < -0.3 is 9.32 Å². The third kappa shape index (κ3) is 4.64. The van der Waals surface area contributed by atoms with Crippen LogP contribution >= 0.6 is 0 Å². The SMILES string of the molecule is CC1(C)c2cc(-c3ccc4ccccc4c3)ccc2-c2ccc(N(c3ccccc3)c3ccccc3-c3cccc4oc5ccccc5c34)cc21. The molecular formula is C49H35NO. The van der Waals surface area contributed by atoms with Gasteiger partial charge in [-0.2, -0.15) is 0 Å². The second-order valence-corrected chi connectivity index (χ2v) is 14.1. The van der Waals surface area contributed by atoms with Gasteiger partial charge in [0.15, 0.2) is 0 Å². The van der Waals surface area contributed by atoms with Crippen molar-refractivity contribution in [2.24, 2.45) is 0 Å². The van der Waals surface area contributed by atoms with Gasteiger partial charge in [-0.05, 0) is 104 Å². The van der Waals surface area contributed by atoms with Crippen molar-refractivity contribution in [3.63, 3.8) is 0 Å². The summed E-state index contributed by atoms with van der Waals surface area (Å²) >= 11 is 0. The van der Waals surface area contributed by atoms with Crippen molar-refractivity contribution in [2.45, 2.75) is 19.3 Å². The molecule has 1 aliphatic carbocycles. The second-order valence-electron chi connectivity index (χ2n) is 14.1. The van der Waals surface area contributed by atoms with Gasteiger partial charge in [-0.15, -0.1) is 0 Å². The first-order chi connectivity index (χ1) is 25.0. The Kier molecular flexibility index (Phi) is 6.56. The van der Waals surface area contributed by atoms with Crippen LogP contribution in [0.1, 0.15) is 25.0 Å². The molecule has 0 N–H and O–H groups in total. The number of hydrogen-bond acceptors (Lipinski definition) is 2. The van der Waals surface area contributed by atoms with E-state index in [4.69, 9.17) is 4.42 Å². The predicted molar refractivity (Wildman–Crippen MR) is 214 cm³/mol. The number of nitrogens with zero attached hydrogens (tertiary/aromatic N) is 1. The molecule has 2 heteroatoms. The number of anilines is 3. The van der Waals surface area contributed by atoms with E-state index >= 15 is 0 Å². The van der Waals surface area contributed by atoms with Crippen LogP contribution in [0.2, 0.25) is 0 Å². The van der Waals surface area contributed by atoms with Crippen molar-refractivity contribution < 1.29 is 4.42 Å². The molecule has 8 aromatic carbocycles. The number of benzene rings is 8. The zero-order chi connectivity index (χ0) is 34.1. The molecule has 1 heterocycles. The van der Waals surface area contributed by atoms with Gasteiger partial charge in [-0.3, -0.25) is 0 Å². The van der Waals surface area contributed by atoms with E-state index in [1.807, 2.05) is 6.07 Å². The molecule has 0 fully saturated rings. The fourth-order valence-electron chi connectivity index (χ4n) is 8.31. The first-order valence-electron chi connectivity index (χ1n) is 17.7. The summed E-state index contributed by atoms with van der Waals surface area (Å²) in [5.41, 5.74) is 15.1. The van der Waals surface area contributed by atoms with E-state index in [0.717, 1.165) is 50.1 Å². The molecule has 1 aliphatic rings. The van der Waals surface area contributed by atoms with Gasteiger partial charge in [-0.25, -0.2) is 0 Å². The van der Waals surface area contributed by atoms with E-state index in [-0.39, 0.29) is 5.41 Å². The Morgan fingerprint density at radius 1 is 0.431 bits per heavy atom. The van der Waals surface area contributed by atoms with Crippen LogP contribution in [0.3, 0.4) is 0 Å². The van der Waals surface area contributed by atoms with Crippen molar-refractivity contribution in [3.05, 3.63) is 187 Å². The van der Waals surface area contributed by atoms with Crippen molar-refractivity contribution in [1.29, 1.82) is 0 Å². The number of furan rings is 1. The smallest absolute Gasteiger partial charge is 0.136 e. The van der Waals surface area contributed by atoms with Gasteiger partial charge in [0.05, 0.1) is 5.69 Å². The van der Waals surface area contributed by atoms with E-state index in [2.05, 4.69) is 189 Å². The molecule has 9 aromatic rings. The average molecular weight is 654 g/mol. The minimum Gasteiger partial charge on any atom is -0.456 e. The minimum atomic E-state index is -0.184. The highest BCUT2D eigenvalue weighted by Gasteiger charge is 2.36. The number of hydrogen-bond donors (Lipinski definition) is 0. The number of rotatable bonds is 5. The molecule has 10 rings (SSSR count). The van der Waals surface area contributed by atoms with Gasteiger partial charge in [-0.1, -0.05) is 135 Å². The molecule has 0 saturated heterocycles. The van der Waals surface area contributed by atoms with Crippen molar-refractivity contribution >= 4 is 49.8 Å². The first kappa shape index (κ1) is 29.5. The van der Waals surface area contributed by atoms with Gasteiger partial charge in [0, 0.05) is 33.1 Å². The maximum atomic E-state index is 6.33. The third-order valence-corrected chi connectivity index (χ3v) is 10.9. The summed E-state index contributed by atoms with van der Waals surface area (Å²) in [7, 11) is 0. The Hall–Kier alpha value is -6.38. The predicted octanol–water partition coefficient (Wildman–Crippen LogP) is 13.8. The summed E-state index contributed by atoms with van der Waals surface area (Å²) < 4.78 is 6.33. The molecule has 1 aromatic heterocycles. The maximum absolute atomic E-state index is 6.33. The summed E-state index contributed by atoms with van der Waals surface area (Å²) in [5.74, 6) is 0. The molecule has 51 heavy (non-hydrogen) atoms. The van der Waals surface area contributed by atoms with E-state index in [0.29, 0.717) is 0 Å². The second kappa shape index (κ2) is 11.3. The molecule has 0 aliphatic heterocycles. The van der Waals surface area contributed by atoms with Crippen LogP contribution in [-0.4, -0.2) is 0 Å². The maximum Gasteiger partial charge on any atom is 0.136 e. The zero-order valence-electron chi connectivity index (χ0n) is 28.6. The normalized spacial score (nSPS) is 13.1. The molecular weight excluding hydrogens is 619 g/mol. The van der Waals surface area contributed by atoms with Crippen molar-refractivity contribution in [2.75, 3.05) is 4.90 Å². The molecule has 2 nitrogen and oxygen atoms in total. The fraction of sp³-hybridized carbons (Fsp3) is 0.0612. The van der Waals surface area contributed by atoms with Crippen molar-refractivity contribution in [1.82, 2.24) is 0 Å². The van der Waals surface area contributed by atoms with Crippen molar-refractivity contribution in [3.8, 4) is 33.4 Å². The highest BCUT2D eigenvalue weighted by Crippen LogP contribution is 2.52. The first-order valence-corrected chi connectivity index (χ1v) is 17.7. The Morgan fingerprint density at radius 2 is 1.08 bits per heavy atom. The lowest BCUT2D eigenvalue weighted by Crippen LogP contribution is -2.17. The molecule has 0 saturated carbocycles. The van der Waals surface area contributed by atoms with E-state index < -0.39 is 0 Å². The van der Waals surface area contributed by atoms with Crippen LogP contribution in [0.5, 0.6) is 0 Å².